The molecule has 0 saturated carbocycles. The van der Waals surface area contributed by atoms with Gasteiger partial charge in [-0.2, -0.15) is 8.42 Å². The fourth-order valence-corrected chi connectivity index (χ4v) is 3.58. The maximum absolute atomic E-state index is 13.0. The van der Waals surface area contributed by atoms with Crippen molar-refractivity contribution in [3.63, 3.8) is 0 Å². The molecule has 0 fully saturated rings. The van der Waals surface area contributed by atoms with Crippen LogP contribution in [0, 0.1) is 0 Å². The van der Waals surface area contributed by atoms with E-state index in [1.807, 2.05) is 40.7 Å². The molecule has 2 rings (SSSR count). The number of anilines is 1. The van der Waals surface area contributed by atoms with Crippen molar-refractivity contribution in [1.82, 2.24) is 10.2 Å². The summed E-state index contributed by atoms with van der Waals surface area (Å²) in [5.41, 5.74) is 0.998. The maximum Gasteiger partial charge on any atom is 0.318 e. The number of carbonyl (C=O) groups is 1. The fraction of sp³-hybridized carbons (Fsp3) is 0.500. The molecule has 0 aliphatic heterocycles. The van der Waals surface area contributed by atoms with Crippen LogP contribution >= 0.6 is 0 Å². The quantitative estimate of drug-likeness (QED) is 0.580. The standard InChI is InChI=1S/C22H33N3O5S/c1-7-24(8-2)18-12-11-17(20(14-18)30-31(6,27)28)15-25(16-19-10-9-13-29-19)21(26)23-22(3,4)5/h9-14H,7-8,15-16H2,1-6H3,(H,23,26). The number of amides is 2. The van der Waals surface area contributed by atoms with Gasteiger partial charge in [0.25, 0.3) is 0 Å². The summed E-state index contributed by atoms with van der Waals surface area (Å²) < 4.78 is 34.5. The van der Waals surface area contributed by atoms with Crippen LogP contribution in [0.25, 0.3) is 0 Å². The van der Waals surface area contributed by atoms with Crippen molar-refractivity contribution in [3.05, 3.63) is 47.9 Å². The summed E-state index contributed by atoms with van der Waals surface area (Å²) in [7, 11) is -3.75. The SMILES string of the molecule is CCN(CC)c1ccc(CN(Cc2ccco2)C(=O)NC(C)(C)C)c(OS(C)(=O)=O)c1. The molecule has 2 amide bonds. The molecular weight excluding hydrogens is 418 g/mol. The van der Waals surface area contributed by atoms with Crippen molar-refractivity contribution in [2.24, 2.45) is 0 Å². The number of urea groups is 1. The van der Waals surface area contributed by atoms with Gasteiger partial charge >= 0.3 is 16.1 Å². The van der Waals surface area contributed by atoms with Gasteiger partial charge in [0.1, 0.15) is 11.5 Å². The van der Waals surface area contributed by atoms with Gasteiger partial charge in [-0.25, -0.2) is 4.79 Å². The average Bonchev–Trinajstić information content (AvgIpc) is 3.14. The van der Waals surface area contributed by atoms with E-state index in [0.717, 1.165) is 25.0 Å². The highest BCUT2D eigenvalue weighted by Gasteiger charge is 2.23. The van der Waals surface area contributed by atoms with Crippen LogP contribution in [-0.4, -0.2) is 44.2 Å². The third kappa shape index (κ3) is 7.82. The molecule has 0 aliphatic carbocycles. The summed E-state index contributed by atoms with van der Waals surface area (Å²) in [6.07, 6.45) is 2.56. The van der Waals surface area contributed by atoms with Crippen LogP contribution in [0.4, 0.5) is 10.5 Å². The summed E-state index contributed by atoms with van der Waals surface area (Å²) in [4.78, 5) is 16.6. The molecule has 0 aliphatic rings. The number of nitrogens with zero attached hydrogens (tertiary/aromatic N) is 2. The van der Waals surface area contributed by atoms with Gasteiger partial charge < -0.3 is 23.7 Å². The van der Waals surface area contributed by atoms with Gasteiger partial charge in [-0.15, -0.1) is 0 Å². The van der Waals surface area contributed by atoms with E-state index in [2.05, 4.69) is 10.2 Å². The van der Waals surface area contributed by atoms with Crippen molar-refractivity contribution in [1.29, 1.82) is 0 Å². The molecule has 0 unspecified atom stereocenters. The third-order valence-corrected chi connectivity index (χ3v) is 4.96. The Morgan fingerprint density at radius 1 is 1.13 bits per heavy atom. The van der Waals surface area contributed by atoms with Crippen molar-refractivity contribution in [3.8, 4) is 5.75 Å². The summed E-state index contributed by atoms with van der Waals surface area (Å²) in [6.45, 7) is 11.6. The lowest BCUT2D eigenvalue weighted by atomic mass is 10.1. The minimum absolute atomic E-state index is 0.145. The van der Waals surface area contributed by atoms with E-state index in [4.69, 9.17) is 8.60 Å². The van der Waals surface area contributed by atoms with Crippen LogP contribution in [0.3, 0.4) is 0 Å². The molecule has 1 aromatic heterocycles. The number of hydrogen-bond donors (Lipinski definition) is 1. The summed E-state index contributed by atoms with van der Waals surface area (Å²) in [5, 5.41) is 2.95. The second-order valence-corrected chi connectivity index (χ2v) is 9.94. The predicted molar refractivity (Wildman–Crippen MR) is 122 cm³/mol. The zero-order chi connectivity index (χ0) is 23.2. The van der Waals surface area contributed by atoms with Gasteiger partial charge in [0, 0.05) is 35.9 Å². The fourth-order valence-electron chi connectivity index (χ4n) is 3.10. The van der Waals surface area contributed by atoms with Crippen LogP contribution in [0.5, 0.6) is 5.75 Å². The first kappa shape index (κ1) is 24.6. The molecule has 0 spiro atoms. The molecule has 0 radical (unpaired) electrons. The molecule has 1 heterocycles. The Balaban J connectivity index is 2.41. The van der Waals surface area contributed by atoms with E-state index in [1.165, 1.54) is 0 Å². The first-order valence-corrected chi connectivity index (χ1v) is 12.1. The van der Waals surface area contributed by atoms with Crippen LogP contribution in [0.2, 0.25) is 0 Å². The summed E-state index contributed by atoms with van der Waals surface area (Å²) in [5.74, 6) is 0.828. The topological polar surface area (TPSA) is 92.1 Å². The van der Waals surface area contributed by atoms with E-state index in [0.29, 0.717) is 11.3 Å². The van der Waals surface area contributed by atoms with Gasteiger partial charge in [-0.1, -0.05) is 6.07 Å². The lowest BCUT2D eigenvalue weighted by Gasteiger charge is -2.29. The zero-order valence-electron chi connectivity index (χ0n) is 19.1. The minimum Gasteiger partial charge on any atom is -0.467 e. The number of nitrogens with one attached hydrogen (secondary N) is 1. The largest absolute Gasteiger partial charge is 0.467 e. The number of furan rings is 1. The Morgan fingerprint density at radius 2 is 1.81 bits per heavy atom. The highest BCUT2D eigenvalue weighted by atomic mass is 32.2. The van der Waals surface area contributed by atoms with Crippen molar-refractivity contribution < 1.29 is 21.8 Å². The van der Waals surface area contributed by atoms with E-state index < -0.39 is 15.7 Å². The molecule has 8 nitrogen and oxygen atoms in total. The maximum atomic E-state index is 13.0. The van der Waals surface area contributed by atoms with Crippen LogP contribution in [0.15, 0.2) is 41.0 Å². The van der Waals surface area contributed by atoms with E-state index in [1.54, 1.807) is 35.4 Å². The van der Waals surface area contributed by atoms with Crippen LogP contribution in [0.1, 0.15) is 45.9 Å². The van der Waals surface area contributed by atoms with Gasteiger partial charge in [-0.05, 0) is 52.8 Å². The number of hydrogen-bond acceptors (Lipinski definition) is 6. The van der Waals surface area contributed by atoms with Crippen molar-refractivity contribution >= 4 is 21.8 Å². The van der Waals surface area contributed by atoms with Crippen LogP contribution < -0.4 is 14.4 Å². The average molecular weight is 452 g/mol. The smallest absolute Gasteiger partial charge is 0.318 e. The summed E-state index contributed by atoms with van der Waals surface area (Å²) in [6, 6.07) is 8.66. The first-order chi connectivity index (χ1) is 14.4. The Labute approximate surface area is 185 Å². The number of rotatable bonds is 9. The molecular formula is C22H33N3O5S. The summed E-state index contributed by atoms with van der Waals surface area (Å²) >= 11 is 0. The Morgan fingerprint density at radius 3 is 2.32 bits per heavy atom. The molecule has 2 aromatic rings. The monoisotopic (exact) mass is 451 g/mol. The van der Waals surface area contributed by atoms with Crippen molar-refractivity contribution in [2.45, 2.75) is 53.2 Å². The highest BCUT2D eigenvalue weighted by molar-refractivity contribution is 7.86. The molecule has 0 atom stereocenters. The van der Waals surface area contributed by atoms with Crippen LogP contribution in [-0.2, 0) is 23.2 Å². The van der Waals surface area contributed by atoms with Gasteiger partial charge in [0.15, 0.2) is 0 Å². The first-order valence-electron chi connectivity index (χ1n) is 10.3. The molecule has 1 N–H and O–H groups in total. The second-order valence-electron chi connectivity index (χ2n) is 8.37. The molecule has 0 saturated heterocycles. The van der Waals surface area contributed by atoms with Gasteiger partial charge in [0.2, 0.25) is 0 Å². The predicted octanol–water partition coefficient (Wildman–Crippen LogP) is 3.97. The number of benzene rings is 1. The highest BCUT2D eigenvalue weighted by Crippen LogP contribution is 2.29. The Bertz CT molecular complexity index is 962. The lowest BCUT2D eigenvalue weighted by Crippen LogP contribution is -2.48. The van der Waals surface area contributed by atoms with E-state index >= 15 is 0 Å². The normalized spacial score (nSPS) is 11.8. The number of carbonyl (C=O) groups excluding carboxylic acids is 1. The van der Waals surface area contributed by atoms with Gasteiger partial charge in [0.05, 0.1) is 25.6 Å². The molecule has 9 heteroatoms. The molecule has 172 valence electrons. The second kappa shape index (κ2) is 10.1. The Hall–Kier alpha value is -2.68. The Kier molecular flexibility index (Phi) is 8.00. The molecule has 31 heavy (non-hydrogen) atoms. The minimum atomic E-state index is -3.75. The zero-order valence-corrected chi connectivity index (χ0v) is 20.0. The lowest BCUT2D eigenvalue weighted by molar-refractivity contribution is 0.178. The third-order valence-electron chi connectivity index (χ3n) is 4.48. The molecule has 0 bridgehead atoms. The molecule has 1 aromatic carbocycles. The van der Waals surface area contributed by atoms with E-state index in [9.17, 15) is 13.2 Å². The van der Waals surface area contributed by atoms with Crippen molar-refractivity contribution in [2.75, 3.05) is 24.2 Å². The van der Waals surface area contributed by atoms with Gasteiger partial charge in [-0.3, -0.25) is 0 Å². The van der Waals surface area contributed by atoms with E-state index in [-0.39, 0.29) is 24.9 Å².